The van der Waals surface area contributed by atoms with Crippen molar-refractivity contribution in [1.29, 1.82) is 0 Å². The highest BCUT2D eigenvalue weighted by Crippen LogP contribution is 2.41. The minimum absolute atomic E-state index is 0.0956. The van der Waals surface area contributed by atoms with E-state index in [0.717, 1.165) is 11.1 Å². The largest absolute Gasteiger partial charge is 0.459 e. The number of hydrogen-bond donors (Lipinski definition) is 1. The van der Waals surface area contributed by atoms with Gasteiger partial charge in [-0.3, -0.25) is 9.36 Å². The van der Waals surface area contributed by atoms with Crippen molar-refractivity contribution in [2.75, 3.05) is 19.4 Å². The molecule has 29 heavy (non-hydrogen) atoms. The lowest BCUT2D eigenvalue weighted by molar-refractivity contribution is -0.149. The normalized spacial score (nSPS) is 13.9. The summed E-state index contributed by atoms with van der Waals surface area (Å²) >= 11 is 0. The van der Waals surface area contributed by atoms with Crippen LogP contribution in [0.1, 0.15) is 24.5 Å². The van der Waals surface area contributed by atoms with Crippen LogP contribution in [0.15, 0.2) is 60.7 Å². The molecule has 0 saturated heterocycles. The molecule has 2 unspecified atom stereocenters. The fourth-order valence-corrected chi connectivity index (χ4v) is 3.23. The molecule has 0 aliphatic rings. The van der Waals surface area contributed by atoms with Crippen LogP contribution in [0.25, 0.3) is 0 Å². The molecular weight excluding hydrogens is 389 g/mol. The van der Waals surface area contributed by atoms with Crippen molar-refractivity contribution >= 4 is 19.2 Å². The Morgan fingerprint density at radius 1 is 1.00 bits per heavy atom. The molecule has 0 heterocycles. The second-order valence-electron chi connectivity index (χ2n) is 6.83. The van der Waals surface area contributed by atoms with E-state index < -0.39 is 19.4 Å². The molecule has 0 bridgehead atoms. The molecular formula is C22H28NO5P. The Bertz CT molecular complexity index is 826. The third kappa shape index (κ3) is 8.63. The summed E-state index contributed by atoms with van der Waals surface area (Å²) in [5, 5.41) is 2.72. The first-order valence-electron chi connectivity index (χ1n) is 9.64. The van der Waals surface area contributed by atoms with Gasteiger partial charge >= 0.3 is 5.97 Å². The van der Waals surface area contributed by atoms with E-state index in [1.165, 1.54) is 0 Å². The number of carbonyl (C=O) groups excluding carboxylic acids is 2. The molecule has 2 aromatic carbocycles. The number of carbonyl (C=O) groups is 2. The fraction of sp³-hybridized carbons (Fsp3) is 0.364. The number of amides is 1. The Hall–Kier alpha value is -2.43. The molecule has 0 aromatic heterocycles. The number of esters is 1. The highest BCUT2D eigenvalue weighted by Gasteiger charge is 2.24. The SMILES string of the molecule is CCP(C)(=O)OCCC(NC(=O)Cc1ccccc1)C(=O)OCc1ccccc1. The average molecular weight is 417 g/mol. The van der Waals surface area contributed by atoms with E-state index in [9.17, 15) is 14.2 Å². The van der Waals surface area contributed by atoms with Crippen molar-refractivity contribution in [3.63, 3.8) is 0 Å². The Labute approximate surface area is 172 Å². The van der Waals surface area contributed by atoms with Crippen LogP contribution in [0, 0.1) is 0 Å². The van der Waals surface area contributed by atoms with Crippen LogP contribution >= 0.6 is 7.37 Å². The molecule has 0 aliphatic heterocycles. The van der Waals surface area contributed by atoms with Gasteiger partial charge in [0.1, 0.15) is 12.6 Å². The van der Waals surface area contributed by atoms with Crippen LogP contribution in [0.3, 0.4) is 0 Å². The minimum atomic E-state index is -2.68. The molecule has 0 spiro atoms. The zero-order chi connectivity index (χ0) is 21.1. The topological polar surface area (TPSA) is 81.7 Å². The highest BCUT2D eigenvalue weighted by molar-refractivity contribution is 7.58. The quantitative estimate of drug-likeness (QED) is 0.444. The molecule has 0 radical (unpaired) electrons. The molecule has 1 amide bonds. The first-order valence-corrected chi connectivity index (χ1v) is 11.9. The van der Waals surface area contributed by atoms with Crippen molar-refractivity contribution in [3.05, 3.63) is 71.8 Å². The fourth-order valence-electron chi connectivity index (χ4n) is 2.56. The third-order valence-corrected chi connectivity index (χ3v) is 6.27. The number of ether oxygens (including phenoxy) is 1. The molecule has 2 aromatic rings. The van der Waals surface area contributed by atoms with E-state index in [0.29, 0.717) is 6.16 Å². The molecule has 7 heteroatoms. The summed E-state index contributed by atoms with van der Waals surface area (Å²) in [4.78, 5) is 25.0. The van der Waals surface area contributed by atoms with E-state index in [4.69, 9.17) is 9.26 Å². The Balaban J connectivity index is 1.96. The maximum Gasteiger partial charge on any atom is 0.329 e. The molecule has 0 saturated carbocycles. The first-order chi connectivity index (χ1) is 13.9. The van der Waals surface area contributed by atoms with Crippen molar-refractivity contribution in [1.82, 2.24) is 5.32 Å². The van der Waals surface area contributed by atoms with Gasteiger partial charge in [-0.05, 0) is 11.1 Å². The second kappa shape index (κ2) is 11.5. The minimum Gasteiger partial charge on any atom is -0.459 e. The standard InChI is InChI=1S/C22H28NO5P/c1-3-29(2,26)28-15-14-20(22(25)27-17-19-12-8-5-9-13-19)23-21(24)16-18-10-6-4-7-11-18/h4-13,20H,3,14-17H2,1-2H3,(H,23,24). The summed E-state index contributed by atoms with van der Waals surface area (Å²) < 4.78 is 22.9. The lowest BCUT2D eigenvalue weighted by atomic mass is 10.1. The smallest absolute Gasteiger partial charge is 0.329 e. The van der Waals surface area contributed by atoms with E-state index in [-0.39, 0.29) is 32.0 Å². The van der Waals surface area contributed by atoms with Crippen LogP contribution in [-0.4, -0.2) is 37.4 Å². The summed E-state index contributed by atoms with van der Waals surface area (Å²) in [6.45, 7) is 3.56. The number of hydrogen-bond acceptors (Lipinski definition) is 5. The Morgan fingerprint density at radius 2 is 1.59 bits per heavy atom. The molecule has 2 rings (SSSR count). The predicted octanol–water partition coefficient (Wildman–Crippen LogP) is 3.79. The zero-order valence-corrected chi connectivity index (χ0v) is 17.8. The molecule has 156 valence electrons. The van der Waals surface area contributed by atoms with E-state index in [2.05, 4.69) is 5.32 Å². The van der Waals surface area contributed by atoms with Gasteiger partial charge in [0.05, 0.1) is 13.0 Å². The van der Waals surface area contributed by atoms with Crippen LogP contribution < -0.4 is 5.32 Å². The predicted molar refractivity (Wildman–Crippen MR) is 113 cm³/mol. The van der Waals surface area contributed by atoms with Crippen LogP contribution in [-0.2, 0) is 36.4 Å². The van der Waals surface area contributed by atoms with Gasteiger partial charge in [0.2, 0.25) is 5.91 Å². The summed E-state index contributed by atoms with van der Waals surface area (Å²) in [7, 11) is -2.68. The van der Waals surface area contributed by atoms with E-state index in [1.54, 1.807) is 13.6 Å². The summed E-state index contributed by atoms with van der Waals surface area (Å²) in [6.07, 6.45) is 0.758. The summed E-state index contributed by atoms with van der Waals surface area (Å²) in [5.41, 5.74) is 1.71. The zero-order valence-electron chi connectivity index (χ0n) is 16.9. The van der Waals surface area contributed by atoms with E-state index >= 15 is 0 Å². The average Bonchev–Trinajstić information content (AvgIpc) is 2.72. The maximum atomic E-state index is 12.6. The Morgan fingerprint density at radius 3 is 2.17 bits per heavy atom. The molecule has 1 N–H and O–H groups in total. The van der Waals surface area contributed by atoms with Gasteiger partial charge in [-0.1, -0.05) is 67.6 Å². The molecule has 0 aliphatic carbocycles. The second-order valence-corrected chi connectivity index (χ2v) is 9.75. The van der Waals surface area contributed by atoms with E-state index in [1.807, 2.05) is 60.7 Å². The van der Waals surface area contributed by atoms with Gasteiger partial charge in [0.15, 0.2) is 7.37 Å². The van der Waals surface area contributed by atoms with Gasteiger partial charge in [-0.25, -0.2) is 4.79 Å². The Kier molecular flexibility index (Phi) is 9.10. The number of benzene rings is 2. The monoisotopic (exact) mass is 417 g/mol. The maximum absolute atomic E-state index is 12.6. The van der Waals surface area contributed by atoms with Crippen LogP contribution in [0.5, 0.6) is 0 Å². The van der Waals surface area contributed by atoms with Crippen LogP contribution in [0.2, 0.25) is 0 Å². The van der Waals surface area contributed by atoms with Crippen molar-refractivity contribution in [3.8, 4) is 0 Å². The van der Waals surface area contributed by atoms with Gasteiger partial charge in [0.25, 0.3) is 0 Å². The molecule has 2 atom stereocenters. The highest BCUT2D eigenvalue weighted by atomic mass is 31.2. The van der Waals surface area contributed by atoms with Gasteiger partial charge < -0.3 is 14.6 Å². The van der Waals surface area contributed by atoms with Gasteiger partial charge in [-0.15, -0.1) is 0 Å². The molecule has 6 nitrogen and oxygen atoms in total. The van der Waals surface area contributed by atoms with Crippen molar-refractivity contribution in [2.45, 2.75) is 32.4 Å². The lowest BCUT2D eigenvalue weighted by Crippen LogP contribution is -2.43. The van der Waals surface area contributed by atoms with Gasteiger partial charge in [0, 0.05) is 19.2 Å². The number of nitrogens with one attached hydrogen (secondary N) is 1. The van der Waals surface area contributed by atoms with Crippen molar-refractivity contribution < 1.29 is 23.4 Å². The summed E-state index contributed by atoms with van der Waals surface area (Å²) in [5.74, 6) is -0.825. The number of rotatable bonds is 11. The first kappa shape index (κ1) is 22.9. The van der Waals surface area contributed by atoms with Crippen molar-refractivity contribution in [2.24, 2.45) is 0 Å². The molecule has 0 fully saturated rings. The van der Waals surface area contributed by atoms with Gasteiger partial charge in [-0.2, -0.15) is 0 Å². The summed E-state index contributed by atoms with van der Waals surface area (Å²) in [6, 6.07) is 17.7. The van der Waals surface area contributed by atoms with Crippen LogP contribution in [0.4, 0.5) is 0 Å². The third-order valence-electron chi connectivity index (χ3n) is 4.40. The lowest BCUT2D eigenvalue weighted by Gasteiger charge is -2.19.